The van der Waals surface area contributed by atoms with E-state index >= 15 is 0 Å². The average Bonchev–Trinajstić information content (AvgIpc) is 2.46. The van der Waals surface area contributed by atoms with E-state index in [1.54, 1.807) is 24.3 Å². The SMILES string of the molecule is C=CCNC(=S)NC(=O)c1ccc(OCCCC)c(Br)c1. The van der Waals surface area contributed by atoms with Gasteiger partial charge in [-0.3, -0.25) is 10.1 Å². The molecule has 1 amide bonds. The van der Waals surface area contributed by atoms with Crippen LogP contribution in [0.1, 0.15) is 30.1 Å². The number of benzene rings is 1. The largest absolute Gasteiger partial charge is 0.492 e. The fourth-order valence-electron chi connectivity index (χ4n) is 1.47. The molecular formula is C15H19BrN2O2S. The van der Waals surface area contributed by atoms with Gasteiger partial charge in [-0.25, -0.2) is 0 Å². The maximum absolute atomic E-state index is 12.0. The molecule has 4 nitrogen and oxygen atoms in total. The first-order chi connectivity index (χ1) is 10.1. The summed E-state index contributed by atoms with van der Waals surface area (Å²) in [5.74, 6) is 0.463. The van der Waals surface area contributed by atoms with Crippen LogP contribution in [0.4, 0.5) is 0 Å². The lowest BCUT2D eigenvalue weighted by atomic mass is 10.2. The van der Waals surface area contributed by atoms with Gasteiger partial charge in [0, 0.05) is 12.1 Å². The van der Waals surface area contributed by atoms with Crippen LogP contribution in [0.5, 0.6) is 5.75 Å². The summed E-state index contributed by atoms with van der Waals surface area (Å²) in [5, 5.41) is 5.72. The van der Waals surface area contributed by atoms with E-state index in [-0.39, 0.29) is 11.0 Å². The first-order valence-corrected chi connectivity index (χ1v) is 7.91. The predicted octanol–water partition coefficient (Wildman–Crippen LogP) is 3.42. The van der Waals surface area contributed by atoms with E-state index in [9.17, 15) is 4.79 Å². The molecule has 2 N–H and O–H groups in total. The molecule has 0 aliphatic carbocycles. The topological polar surface area (TPSA) is 50.4 Å². The zero-order valence-electron chi connectivity index (χ0n) is 11.9. The number of carbonyl (C=O) groups excluding carboxylic acids is 1. The molecule has 6 heteroatoms. The highest BCUT2D eigenvalue weighted by Crippen LogP contribution is 2.26. The Hall–Kier alpha value is -1.40. The Morgan fingerprint density at radius 1 is 1.52 bits per heavy atom. The number of hydrogen-bond donors (Lipinski definition) is 2. The third-order valence-corrected chi connectivity index (χ3v) is 3.45. The second-order valence-electron chi connectivity index (χ2n) is 4.30. The summed E-state index contributed by atoms with van der Waals surface area (Å²) in [5.41, 5.74) is 0.507. The molecule has 0 unspecified atom stereocenters. The van der Waals surface area contributed by atoms with E-state index in [4.69, 9.17) is 17.0 Å². The standard InChI is InChI=1S/C15H19BrN2O2S/c1-3-5-9-20-13-7-6-11(10-12(13)16)14(19)18-15(21)17-8-4-2/h4,6-7,10H,2-3,5,8-9H2,1H3,(H2,17,18,19,21). The molecule has 0 saturated carbocycles. The summed E-state index contributed by atoms with van der Waals surface area (Å²) >= 11 is 8.41. The molecule has 0 aliphatic heterocycles. The summed E-state index contributed by atoms with van der Waals surface area (Å²) in [7, 11) is 0. The molecule has 114 valence electrons. The van der Waals surface area contributed by atoms with Crippen LogP contribution in [0.3, 0.4) is 0 Å². The normalized spacial score (nSPS) is 9.81. The van der Waals surface area contributed by atoms with Crippen molar-refractivity contribution >= 4 is 39.2 Å². The number of carbonyl (C=O) groups is 1. The Balaban J connectivity index is 2.63. The van der Waals surface area contributed by atoms with Crippen molar-refractivity contribution in [1.29, 1.82) is 0 Å². The summed E-state index contributed by atoms with van der Waals surface area (Å²) in [6.45, 7) is 6.84. The van der Waals surface area contributed by atoms with Crippen molar-refractivity contribution in [1.82, 2.24) is 10.6 Å². The van der Waals surface area contributed by atoms with Crippen molar-refractivity contribution in [2.24, 2.45) is 0 Å². The molecule has 0 saturated heterocycles. The van der Waals surface area contributed by atoms with Crippen LogP contribution in [0.25, 0.3) is 0 Å². The van der Waals surface area contributed by atoms with Crippen LogP contribution in [0.2, 0.25) is 0 Å². The minimum absolute atomic E-state index is 0.266. The van der Waals surface area contributed by atoms with Crippen LogP contribution in [0, 0.1) is 0 Å². The summed E-state index contributed by atoms with van der Waals surface area (Å²) < 4.78 is 6.36. The fourth-order valence-corrected chi connectivity index (χ4v) is 2.14. The van der Waals surface area contributed by atoms with E-state index in [1.165, 1.54) is 0 Å². The maximum atomic E-state index is 12.0. The van der Waals surface area contributed by atoms with Gasteiger partial charge in [-0.1, -0.05) is 19.4 Å². The Morgan fingerprint density at radius 2 is 2.29 bits per heavy atom. The number of ether oxygens (including phenoxy) is 1. The Morgan fingerprint density at radius 3 is 2.90 bits per heavy atom. The minimum atomic E-state index is -0.266. The lowest BCUT2D eigenvalue weighted by Gasteiger charge is -2.10. The van der Waals surface area contributed by atoms with Crippen molar-refractivity contribution in [3.8, 4) is 5.75 Å². The number of unbranched alkanes of at least 4 members (excludes halogenated alkanes) is 1. The average molecular weight is 371 g/mol. The molecule has 0 spiro atoms. The summed E-state index contributed by atoms with van der Waals surface area (Å²) in [6.07, 6.45) is 3.74. The van der Waals surface area contributed by atoms with Gasteiger partial charge in [-0.15, -0.1) is 6.58 Å². The van der Waals surface area contributed by atoms with Gasteiger partial charge in [0.25, 0.3) is 5.91 Å². The maximum Gasteiger partial charge on any atom is 0.257 e. The van der Waals surface area contributed by atoms with E-state index in [0.29, 0.717) is 18.7 Å². The van der Waals surface area contributed by atoms with Gasteiger partial charge in [0.15, 0.2) is 5.11 Å². The highest BCUT2D eigenvalue weighted by Gasteiger charge is 2.10. The summed E-state index contributed by atoms with van der Waals surface area (Å²) in [4.78, 5) is 12.0. The second kappa shape index (κ2) is 9.52. The van der Waals surface area contributed by atoms with Gasteiger partial charge in [0.2, 0.25) is 0 Å². The monoisotopic (exact) mass is 370 g/mol. The zero-order valence-corrected chi connectivity index (χ0v) is 14.4. The molecule has 0 aromatic heterocycles. The van der Waals surface area contributed by atoms with Gasteiger partial charge >= 0.3 is 0 Å². The van der Waals surface area contributed by atoms with E-state index < -0.39 is 0 Å². The van der Waals surface area contributed by atoms with Gasteiger partial charge in [0.05, 0.1) is 11.1 Å². The molecule has 0 radical (unpaired) electrons. The first kappa shape index (κ1) is 17.7. The summed E-state index contributed by atoms with van der Waals surface area (Å²) in [6, 6.07) is 5.19. The van der Waals surface area contributed by atoms with Crippen molar-refractivity contribution in [2.75, 3.05) is 13.2 Å². The zero-order chi connectivity index (χ0) is 15.7. The first-order valence-electron chi connectivity index (χ1n) is 6.71. The van der Waals surface area contributed by atoms with Crippen molar-refractivity contribution < 1.29 is 9.53 Å². The quantitative estimate of drug-likeness (QED) is 0.438. The van der Waals surface area contributed by atoms with Gasteiger partial charge < -0.3 is 10.1 Å². The minimum Gasteiger partial charge on any atom is -0.492 e. The Labute approximate surface area is 139 Å². The molecule has 0 atom stereocenters. The van der Waals surface area contributed by atoms with Crippen molar-refractivity contribution in [2.45, 2.75) is 19.8 Å². The van der Waals surface area contributed by atoms with Crippen LogP contribution >= 0.6 is 28.1 Å². The molecule has 21 heavy (non-hydrogen) atoms. The number of amides is 1. The number of rotatable bonds is 7. The Bertz CT molecular complexity index is 520. The number of halogens is 1. The Kier molecular flexibility index (Phi) is 8.00. The lowest BCUT2D eigenvalue weighted by molar-refractivity contribution is 0.0976. The third kappa shape index (κ3) is 6.27. The molecular weight excluding hydrogens is 352 g/mol. The van der Waals surface area contributed by atoms with Crippen LogP contribution < -0.4 is 15.4 Å². The fraction of sp³-hybridized carbons (Fsp3) is 0.333. The molecule has 1 rings (SSSR count). The third-order valence-electron chi connectivity index (χ3n) is 2.58. The highest BCUT2D eigenvalue weighted by atomic mass is 79.9. The molecule has 1 aromatic rings. The second-order valence-corrected chi connectivity index (χ2v) is 5.56. The van der Waals surface area contributed by atoms with Gasteiger partial charge in [0.1, 0.15) is 5.75 Å². The van der Waals surface area contributed by atoms with E-state index in [1.807, 2.05) is 0 Å². The smallest absolute Gasteiger partial charge is 0.257 e. The molecule has 0 bridgehead atoms. The van der Waals surface area contributed by atoms with E-state index in [2.05, 4.69) is 40.1 Å². The molecule has 1 aromatic carbocycles. The van der Waals surface area contributed by atoms with Crippen LogP contribution in [0.15, 0.2) is 35.3 Å². The van der Waals surface area contributed by atoms with Gasteiger partial charge in [-0.2, -0.15) is 0 Å². The van der Waals surface area contributed by atoms with Crippen LogP contribution in [-0.4, -0.2) is 24.2 Å². The van der Waals surface area contributed by atoms with Crippen molar-refractivity contribution in [3.63, 3.8) is 0 Å². The highest BCUT2D eigenvalue weighted by molar-refractivity contribution is 9.10. The number of thiocarbonyl (C=S) groups is 1. The molecule has 0 heterocycles. The van der Waals surface area contributed by atoms with Gasteiger partial charge in [-0.05, 0) is 52.8 Å². The number of hydrogen-bond acceptors (Lipinski definition) is 3. The molecule has 0 aliphatic rings. The lowest BCUT2D eigenvalue weighted by Crippen LogP contribution is -2.39. The molecule has 0 fully saturated rings. The van der Waals surface area contributed by atoms with Crippen molar-refractivity contribution in [3.05, 3.63) is 40.9 Å². The number of nitrogens with one attached hydrogen (secondary N) is 2. The van der Waals surface area contributed by atoms with Crippen LogP contribution in [-0.2, 0) is 0 Å². The predicted molar refractivity (Wildman–Crippen MR) is 92.8 cm³/mol. The van der Waals surface area contributed by atoms with E-state index in [0.717, 1.165) is 23.1 Å².